The van der Waals surface area contributed by atoms with Gasteiger partial charge in [-0.15, -0.1) is 0 Å². The van der Waals surface area contributed by atoms with Gasteiger partial charge in [0.25, 0.3) is 15.7 Å². The molecule has 0 radical (unpaired) electrons. The van der Waals surface area contributed by atoms with E-state index >= 15 is 0 Å². The molecule has 0 bridgehead atoms. The zero-order valence-corrected chi connectivity index (χ0v) is 11.7. The standard InChI is InChI=1S/C12H13FN2O5S/c13-9-5-2-6-10(15(17)18)12(9)21(19,20)14-11(16)7-8-3-1-4-8/h2,5-6,8H,1,3-4,7H2,(H,14,16). The summed E-state index contributed by atoms with van der Waals surface area (Å²) in [5.41, 5.74) is -0.904. The molecular formula is C12H13FN2O5S. The Bertz CT molecular complexity index is 685. The van der Waals surface area contributed by atoms with Crippen LogP contribution in [0, 0.1) is 21.8 Å². The van der Waals surface area contributed by atoms with Crippen LogP contribution in [0.3, 0.4) is 0 Å². The first-order chi connectivity index (χ1) is 9.81. The summed E-state index contributed by atoms with van der Waals surface area (Å²) in [4.78, 5) is 20.3. The van der Waals surface area contributed by atoms with E-state index in [1.165, 1.54) is 0 Å². The topological polar surface area (TPSA) is 106 Å². The van der Waals surface area contributed by atoms with Crippen molar-refractivity contribution in [2.45, 2.75) is 30.6 Å². The number of sulfonamides is 1. The van der Waals surface area contributed by atoms with Crippen molar-refractivity contribution in [2.75, 3.05) is 0 Å². The van der Waals surface area contributed by atoms with Crippen molar-refractivity contribution in [3.63, 3.8) is 0 Å². The number of nitrogens with zero attached hydrogens (tertiary/aromatic N) is 1. The molecule has 1 aliphatic rings. The molecule has 0 saturated heterocycles. The molecule has 0 unspecified atom stereocenters. The molecule has 9 heteroatoms. The number of nitrogens with one attached hydrogen (secondary N) is 1. The highest BCUT2D eigenvalue weighted by Gasteiger charge is 2.32. The molecule has 114 valence electrons. The van der Waals surface area contributed by atoms with Gasteiger partial charge in [0.05, 0.1) is 4.92 Å². The number of carbonyl (C=O) groups excluding carboxylic acids is 1. The summed E-state index contributed by atoms with van der Waals surface area (Å²) in [6.07, 6.45) is 2.69. The number of carbonyl (C=O) groups is 1. The van der Waals surface area contributed by atoms with Crippen LogP contribution in [0.25, 0.3) is 0 Å². The molecule has 0 spiro atoms. The van der Waals surface area contributed by atoms with Crippen molar-refractivity contribution in [3.05, 3.63) is 34.1 Å². The van der Waals surface area contributed by atoms with Crippen molar-refractivity contribution >= 4 is 21.6 Å². The molecule has 1 N–H and O–H groups in total. The molecule has 1 aliphatic carbocycles. The zero-order chi connectivity index (χ0) is 15.6. The van der Waals surface area contributed by atoms with Crippen LogP contribution in [0.4, 0.5) is 10.1 Å². The Balaban J connectivity index is 2.26. The molecule has 7 nitrogen and oxygen atoms in total. The summed E-state index contributed by atoms with van der Waals surface area (Å²) >= 11 is 0. The summed E-state index contributed by atoms with van der Waals surface area (Å²) in [5, 5.41) is 10.8. The molecule has 2 rings (SSSR count). The van der Waals surface area contributed by atoms with Gasteiger partial charge in [-0.1, -0.05) is 12.5 Å². The van der Waals surface area contributed by atoms with Gasteiger partial charge in [0.15, 0.2) is 5.82 Å². The Hall–Kier alpha value is -2.03. The number of hydrogen-bond donors (Lipinski definition) is 1. The Morgan fingerprint density at radius 3 is 2.62 bits per heavy atom. The predicted molar refractivity (Wildman–Crippen MR) is 70.3 cm³/mol. The van der Waals surface area contributed by atoms with Crippen LogP contribution in [0.15, 0.2) is 23.1 Å². The van der Waals surface area contributed by atoms with Crippen molar-refractivity contribution in [2.24, 2.45) is 5.92 Å². The molecule has 21 heavy (non-hydrogen) atoms. The number of halogens is 1. The summed E-state index contributed by atoms with van der Waals surface area (Å²) < 4.78 is 39.4. The van der Waals surface area contributed by atoms with Gasteiger partial charge in [-0.2, -0.15) is 0 Å². The third-order valence-electron chi connectivity index (χ3n) is 3.36. The van der Waals surface area contributed by atoms with Gasteiger partial charge in [0.1, 0.15) is 0 Å². The summed E-state index contributed by atoms with van der Waals surface area (Å²) in [6, 6.07) is 2.69. The van der Waals surface area contributed by atoms with E-state index in [0.717, 1.165) is 37.5 Å². The van der Waals surface area contributed by atoms with E-state index in [1.807, 2.05) is 0 Å². The summed E-state index contributed by atoms with van der Waals surface area (Å²) in [5.74, 6) is -1.93. The molecule has 0 aliphatic heterocycles. The zero-order valence-electron chi connectivity index (χ0n) is 10.9. The minimum absolute atomic E-state index is 0.0154. The first-order valence-electron chi connectivity index (χ1n) is 6.30. The monoisotopic (exact) mass is 316 g/mol. The third-order valence-corrected chi connectivity index (χ3v) is 4.80. The average Bonchev–Trinajstić information content (AvgIpc) is 2.32. The number of amides is 1. The molecule has 0 heterocycles. The summed E-state index contributed by atoms with van der Waals surface area (Å²) in [6.45, 7) is 0. The fourth-order valence-corrected chi connectivity index (χ4v) is 3.34. The smallest absolute Gasteiger partial charge is 0.274 e. The van der Waals surface area contributed by atoms with Crippen LogP contribution in [0.1, 0.15) is 25.7 Å². The minimum atomic E-state index is -4.61. The lowest BCUT2D eigenvalue weighted by atomic mass is 9.83. The normalized spacial score (nSPS) is 15.3. The third kappa shape index (κ3) is 3.35. The Labute approximate surface area is 120 Å². The molecule has 0 atom stereocenters. The number of nitro groups is 1. The number of benzene rings is 1. The maximum absolute atomic E-state index is 13.7. The van der Waals surface area contributed by atoms with E-state index < -0.39 is 37.3 Å². The fraction of sp³-hybridized carbons (Fsp3) is 0.417. The summed E-state index contributed by atoms with van der Waals surface area (Å²) in [7, 11) is -4.61. The molecule has 1 fully saturated rings. The van der Waals surface area contributed by atoms with Crippen LogP contribution in [0.5, 0.6) is 0 Å². The van der Waals surface area contributed by atoms with E-state index in [0.29, 0.717) is 0 Å². The van der Waals surface area contributed by atoms with Gasteiger partial charge >= 0.3 is 0 Å². The van der Waals surface area contributed by atoms with Crippen LogP contribution < -0.4 is 4.72 Å². The molecule has 1 aromatic carbocycles. The van der Waals surface area contributed by atoms with Crippen molar-refractivity contribution in [1.82, 2.24) is 4.72 Å². The van der Waals surface area contributed by atoms with E-state index in [1.54, 1.807) is 4.72 Å². The Kier molecular flexibility index (Phi) is 4.21. The van der Waals surface area contributed by atoms with Crippen molar-refractivity contribution in [1.29, 1.82) is 0 Å². The van der Waals surface area contributed by atoms with Gasteiger partial charge < -0.3 is 0 Å². The highest BCUT2D eigenvalue weighted by molar-refractivity contribution is 7.90. The van der Waals surface area contributed by atoms with Gasteiger partial charge in [-0.05, 0) is 24.8 Å². The predicted octanol–water partition coefficient (Wildman–Crippen LogP) is 1.73. The van der Waals surface area contributed by atoms with E-state index in [2.05, 4.69) is 0 Å². The van der Waals surface area contributed by atoms with Gasteiger partial charge in [-0.25, -0.2) is 17.5 Å². The second-order valence-corrected chi connectivity index (χ2v) is 6.49. The van der Waals surface area contributed by atoms with Crippen LogP contribution >= 0.6 is 0 Å². The fourth-order valence-electron chi connectivity index (χ4n) is 2.11. The lowest BCUT2D eigenvalue weighted by molar-refractivity contribution is -0.388. The highest BCUT2D eigenvalue weighted by atomic mass is 32.2. The van der Waals surface area contributed by atoms with Gasteiger partial charge in [-0.3, -0.25) is 14.9 Å². The Morgan fingerprint density at radius 2 is 2.10 bits per heavy atom. The van der Waals surface area contributed by atoms with E-state index in [-0.39, 0.29) is 12.3 Å². The minimum Gasteiger partial charge on any atom is -0.274 e. The first kappa shape index (κ1) is 15.4. The average molecular weight is 316 g/mol. The lowest BCUT2D eigenvalue weighted by Gasteiger charge is -2.24. The molecule has 1 aromatic rings. The second-order valence-electron chi connectivity index (χ2n) is 4.87. The van der Waals surface area contributed by atoms with Crippen LogP contribution in [-0.2, 0) is 14.8 Å². The van der Waals surface area contributed by atoms with Gasteiger partial charge in [0, 0.05) is 12.5 Å². The maximum atomic E-state index is 13.7. The highest BCUT2D eigenvalue weighted by Crippen LogP contribution is 2.30. The largest absolute Gasteiger partial charge is 0.292 e. The molecule has 1 amide bonds. The molecule has 1 saturated carbocycles. The molecule has 0 aromatic heterocycles. The second kappa shape index (κ2) is 5.76. The first-order valence-corrected chi connectivity index (χ1v) is 7.78. The SMILES string of the molecule is O=C(CC1CCC1)NS(=O)(=O)c1c(F)cccc1[N+](=O)[O-]. The lowest BCUT2D eigenvalue weighted by Crippen LogP contribution is -2.33. The number of rotatable bonds is 5. The number of hydrogen-bond acceptors (Lipinski definition) is 5. The van der Waals surface area contributed by atoms with E-state index in [9.17, 15) is 27.7 Å². The van der Waals surface area contributed by atoms with Crippen molar-refractivity contribution < 1.29 is 22.5 Å². The van der Waals surface area contributed by atoms with Crippen LogP contribution in [-0.4, -0.2) is 19.2 Å². The quantitative estimate of drug-likeness (QED) is 0.657. The van der Waals surface area contributed by atoms with Gasteiger partial charge in [0.2, 0.25) is 10.8 Å². The van der Waals surface area contributed by atoms with Crippen LogP contribution in [0.2, 0.25) is 0 Å². The maximum Gasteiger partial charge on any atom is 0.292 e. The molecular weight excluding hydrogens is 303 g/mol. The Morgan fingerprint density at radius 1 is 1.43 bits per heavy atom. The van der Waals surface area contributed by atoms with E-state index in [4.69, 9.17) is 0 Å². The number of nitro benzene ring substituents is 1. The van der Waals surface area contributed by atoms with Crippen molar-refractivity contribution in [3.8, 4) is 0 Å².